The summed E-state index contributed by atoms with van der Waals surface area (Å²) in [6.45, 7) is 6.58. The third kappa shape index (κ3) is 4.51. The zero-order chi connectivity index (χ0) is 15.6. The molecule has 118 valence electrons. The molecule has 0 radical (unpaired) electrons. The zero-order valence-electron chi connectivity index (χ0n) is 12.2. The topological polar surface area (TPSA) is 15.3 Å². The predicted molar refractivity (Wildman–Crippen MR) is 79.9 cm³/mol. The summed E-state index contributed by atoms with van der Waals surface area (Å²) < 4.78 is 38.5. The summed E-state index contributed by atoms with van der Waals surface area (Å²) in [4.78, 5) is 1.98. The molecule has 1 aromatic rings. The highest BCUT2D eigenvalue weighted by molar-refractivity contribution is 6.30. The molecule has 1 unspecified atom stereocenters. The van der Waals surface area contributed by atoms with Crippen molar-refractivity contribution < 1.29 is 13.2 Å². The number of halogens is 4. The summed E-state index contributed by atoms with van der Waals surface area (Å²) in [5.41, 5.74) is -0.129. The van der Waals surface area contributed by atoms with Crippen LogP contribution in [-0.4, -0.2) is 25.7 Å². The monoisotopic (exact) mass is 320 g/mol. The molecule has 1 aliphatic heterocycles. The molecule has 0 amide bonds. The van der Waals surface area contributed by atoms with Gasteiger partial charge in [-0.2, -0.15) is 13.2 Å². The molecule has 1 heterocycles. The van der Waals surface area contributed by atoms with Crippen molar-refractivity contribution in [3.63, 3.8) is 0 Å². The first-order valence-electron chi connectivity index (χ1n) is 7.12. The number of nitrogens with zero attached hydrogens (tertiary/aromatic N) is 1. The number of nitrogens with one attached hydrogen (secondary N) is 1. The van der Waals surface area contributed by atoms with Crippen LogP contribution in [0.15, 0.2) is 18.2 Å². The van der Waals surface area contributed by atoms with Gasteiger partial charge in [-0.05, 0) is 37.1 Å². The van der Waals surface area contributed by atoms with E-state index in [9.17, 15) is 13.2 Å². The van der Waals surface area contributed by atoms with Crippen LogP contribution < -0.4 is 10.2 Å². The molecule has 1 aromatic carbocycles. The first kappa shape index (κ1) is 16.4. The predicted octanol–water partition coefficient (Wildman–Crippen LogP) is 4.18. The van der Waals surface area contributed by atoms with Crippen molar-refractivity contribution >= 4 is 17.3 Å². The maximum Gasteiger partial charge on any atom is 0.416 e. The molecule has 2 nitrogen and oxygen atoms in total. The van der Waals surface area contributed by atoms with Gasteiger partial charge in [0.05, 0.1) is 5.56 Å². The van der Waals surface area contributed by atoms with E-state index in [0.717, 1.165) is 32.1 Å². The fraction of sp³-hybridized carbons (Fsp3) is 0.600. The Labute approximate surface area is 128 Å². The van der Waals surface area contributed by atoms with Gasteiger partial charge in [-0.25, -0.2) is 0 Å². The molecule has 0 aromatic heterocycles. The molecule has 1 fully saturated rings. The van der Waals surface area contributed by atoms with Crippen LogP contribution in [0.2, 0.25) is 5.02 Å². The number of anilines is 1. The van der Waals surface area contributed by atoms with Crippen LogP contribution in [-0.2, 0) is 6.18 Å². The van der Waals surface area contributed by atoms with Crippen LogP contribution in [0.4, 0.5) is 18.9 Å². The molecule has 2 rings (SSSR count). The molecule has 1 aliphatic rings. The minimum absolute atomic E-state index is 0.128. The second kappa shape index (κ2) is 6.44. The smallest absolute Gasteiger partial charge is 0.371 e. The van der Waals surface area contributed by atoms with Crippen molar-refractivity contribution in [1.29, 1.82) is 0 Å². The van der Waals surface area contributed by atoms with Crippen molar-refractivity contribution in [2.75, 3.05) is 24.5 Å². The lowest BCUT2D eigenvalue weighted by Gasteiger charge is -2.21. The Morgan fingerprint density at radius 3 is 2.67 bits per heavy atom. The summed E-state index contributed by atoms with van der Waals surface area (Å²) in [5.74, 6) is 0.459. The maximum atomic E-state index is 12.8. The van der Waals surface area contributed by atoms with Gasteiger partial charge in [-0.15, -0.1) is 0 Å². The Morgan fingerprint density at radius 2 is 2.05 bits per heavy atom. The normalized spacial score (nSPS) is 19.6. The highest BCUT2D eigenvalue weighted by atomic mass is 35.5. The van der Waals surface area contributed by atoms with Crippen molar-refractivity contribution in [2.45, 2.75) is 32.5 Å². The van der Waals surface area contributed by atoms with Crippen LogP contribution in [0.5, 0.6) is 0 Å². The van der Waals surface area contributed by atoms with Gasteiger partial charge in [0.2, 0.25) is 0 Å². The number of rotatable bonds is 4. The number of alkyl halides is 3. The lowest BCUT2D eigenvalue weighted by molar-refractivity contribution is -0.137. The lowest BCUT2D eigenvalue weighted by Crippen LogP contribution is -2.30. The van der Waals surface area contributed by atoms with Gasteiger partial charge in [0.25, 0.3) is 0 Å². The van der Waals surface area contributed by atoms with E-state index in [4.69, 9.17) is 11.6 Å². The number of hydrogen-bond donors (Lipinski definition) is 1. The van der Waals surface area contributed by atoms with Crippen LogP contribution >= 0.6 is 11.6 Å². The molecule has 6 heteroatoms. The average molecular weight is 321 g/mol. The molecular formula is C15H20ClF3N2. The lowest BCUT2D eigenvalue weighted by atomic mass is 10.1. The Bertz CT molecular complexity index is 488. The first-order valence-corrected chi connectivity index (χ1v) is 7.49. The molecule has 0 saturated carbocycles. The van der Waals surface area contributed by atoms with Gasteiger partial charge in [-0.1, -0.05) is 25.4 Å². The Hall–Kier alpha value is -0.940. The third-order valence-electron chi connectivity index (χ3n) is 3.68. The van der Waals surface area contributed by atoms with E-state index in [0.29, 0.717) is 17.6 Å². The van der Waals surface area contributed by atoms with E-state index < -0.39 is 11.7 Å². The van der Waals surface area contributed by atoms with Gasteiger partial charge in [0, 0.05) is 29.8 Å². The van der Waals surface area contributed by atoms with Crippen molar-refractivity contribution in [1.82, 2.24) is 5.32 Å². The number of benzene rings is 1. The van der Waals surface area contributed by atoms with Crippen LogP contribution in [0, 0.1) is 5.92 Å². The van der Waals surface area contributed by atoms with Gasteiger partial charge in [-0.3, -0.25) is 0 Å². The molecule has 0 spiro atoms. The quantitative estimate of drug-likeness (QED) is 0.895. The first-order chi connectivity index (χ1) is 9.75. The summed E-state index contributed by atoms with van der Waals surface area (Å²) >= 11 is 5.83. The van der Waals surface area contributed by atoms with Gasteiger partial charge in [0.1, 0.15) is 0 Å². The summed E-state index contributed by atoms with van der Waals surface area (Å²) in [5, 5.41) is 3.50. The molecule has 1 saturated heterocycles. The Kier molecular flexibility index (Phi) is 5.04. The van der Waals surface area contributed by atoms with E-state index in [-0.39, 0.29) is 5.02 Å². The SMILES string of the molecule is CC(C)NCC1CCN(c2cc(Cl)cc(C(F)(F)F)c2)C1. The van der Waals surface area contributed by atoms with Crippen molar-refractivity contribution in [2.24, 2.45) is 5.92 Å². The molecule has 0 bridgehead atoms. The summed E-state index contributed by atoms with van der Waals surface area (Å²) in [7, 11) is 0. The maximum absolute atomic E-state index is 12.8. The Morgan fingerprint density at radius 1 is 1.33 bits per heavy atom. The minimum Gasteiger partial charge on any atom is -0.371 e. The van der Waals surface area contributed by atoms with Crippen molar-refractivity contribution in [3.05, 3.63) is 28.8 Å². The standard InChI is InChI=1S/C15H20ClF3N2/c1-10(2)20-8-11-3-4-21(9-11)14-6-12(15(17,18)19)5-13(16)7-14/h5-7,10-11,20H,3-4,8-9H2,1-2H3. The molecule has 1 atom stereocenters. The van der Waals surface area contributed by atoms with E-state index in [1.54, 1.807) is 6.07 Å². The Balaban J connectivity index is 2.08. The van der Waals surface area contributed by atoms with Crippen molar-refractivity contribution in [3.8, 4) is 0 Å². The van der Waals surface area contributed by atoms with Crippen LogP contribution in [0.25, 0.3) is 0 Å². The van der Waals surface area contributed by atoms with E-state index in [2.05, 4.69) is 19.2 Å². The average Bonchev–Trinajstić information content (AvgIpc) is 2.83. The second-order valence-corrected chi connectivity index (χ2v) is 6.30. The second-order valence-electron chi connectivity index (χ2n) is 5.86. The summed E-state index contributed by atoms with van der Waals surface area (Å²) in [6, 6.07) is 4.18. The largest absolute Gasteiger partial charge is 0.416 e. The van der Waals surface area contributed by atoms with Gasteiger partial charge in [0.15, 0.2) is 0 Å². The van der Waals surface area contributed by atoms with Gasteiger partial charge < -0.3 is 10.2 Å². The number of hydrogen-bond acceptors (Lipinski definition) is 2. The van der Waals surface area contributed by atoms with E-state index >= 15 is 0 Å². The highest BCUT2D eigenvalue weighted by Crippen LogP contribution is 2.35. The highest BCUT2D eigenvalue weighted by Gasteiger charge is 2.32. The molecular weight excluding hydrogens is 301 g/mol. The minimum atomic E-state index is -4.36. The molecule has 0 aliphatic carbocycles. The van der Waals surface area contributed by atoms with E-state index in [1.165, 1.54) is 6.07 Å². The molecule has 1 N–H and O–H groups in total. The zero-order valence-corrected chi connectivity index (χ0v) is 12.9. The summed E-state index contributed by atoms with van der Waals surface area (Å²) in [6.07, 6.45) is -3.38. The fourth-order valence-corrected chi connectivity index (χ4v) is 2.79. The van der Waals surface area contributed by atoms with Crippen LogP contribution in [0.1, 0.15) is 25.8 Å². The van der Waals surface area contributed by atoms with E-state index in [1.807, 2.05) is 4.90 Å². The third-order valence-corrected chi connectivity index (χ3v) is 3.89. The molecule has 21 heavy (non-hydrogen) atoms. The van der Waals surface area contributed by atoms with Crippen LogP contribution in [0.3, 0.4) is 0 Å². The van der Waals surface area contributed by atoms with Gasteiger partial charge >= 0.3 is 6.18 Å². The fourth-order valence-electron chi connectivity index (χ4n) is 2.56.